The highest BCUT2D eigenvalue weighted by atomic mass is 35.5. The second kappa shape index (κ2) is 6.89. The van der Waals surface area contributed by atoms with Gasteiger partial charge in [0.1, 0.15) is 0 Å². The highest BCUT2D eigenvalue weighted by Crippen LogP contribution is 2.16. The van der Waals surface area contributed by atoms with Crippen molar-refractivity contribution in [2.75, 3.05) is 13.1 Å². The van der Waals surface area contributed by atoms with E-state index in [0.29, 0.717) is 5.02 Å². The van der Waals surface area contributed by atoms with Gasteiger partial charge in [0.05, 0.1) is 12.1 Å². The molecule has 0 bridgehead atoms. The Labute approximate surface area is 118 Å². The van der Waals surface area contributed by atoms with Gasteiger partial charge in [0.15, 0.2) is 0 Å². The molecule has 1 aromatic carbocycles. The first-order valence-electron chi connectivity index (χ1n) is 6.61. The van der Waals surface area contributed by atoms with Crippen LogP contribution >= 0.6 is 11.6 Å². The van der Waals surface area contributed by atoms with Crippen LogP contribution < -0.4 is 10.6 Å². The van der Waals surface area contributed by atoms with E-state index in [1.807, 2.05) is 0 Å². The Bertz CT molecular complexity index is 416. The Hall–Kier alpha value is -1.10. The lowest BCUT2D eigenvalue weighted by atomic mass is 10.0. The monoisotopic (exact) mass is 282 g/mol. The summed E-state index contributed by atoms with van der Waals surface area (Å²) in [6.07, 6.45) is 2.36. The minimum atomic E-state index is -0.704. The van der Waals surface area contributed by atoms with Crippen LogP contribution in [-0.4, -0.2) is 30.1 Å². The maximum absolute atomic E-state index is 11.9. The van der Waals surface area contributed by atoms with Crippen LogP contribution in [0.3, 0.4) is 0 Å². The third kappa shape index (κ3) is 4.20. The number of carbonyl (C=O) groups excluding carboxylic acids is 1. The van der Waals surface area contributed by atoms with Gasteiger partial charge in [-0.3, -0.25) is 4.79 Å². The first-order valence-corrected chi connectivity index (χ1v) is 6.99. The number of nitrogens with one attached hydrogen (secondary N) is 2. The van der Waals surface area contributed by atoms with Gasteiger partial charge in [-0.25, -0.2) is 0 Å². The minimum Gasteiger partial charge on any atom is -0.387 e. The van der Waals surface area contributed by atoms with Gasteiger partial charge >= 0.3 is 0 Å². The molecule has 2 atom stereocenters. The van der Waals surface area contributed by atoms with Gasteiger partial charge in [-0.15, -0.1) is 0 Å². The van der Waals surface area contributed by atoms with E-state index in [1.54, 1.807) is 24.3 Å². The van der Waals surface area contributed by atoms with E-state index in [4.69, 9.17) is 11.6 Å². The van der Waals surface area contributed by atoms with E-state index in [2.05, 4.69) is 10.6 Å². The minimum absolute atomic E-state index is 0.0345. The molecule has 1 saturated heterocycles. The molecule has 0 aliphatic carbocycles. The first-order chi connectivity index (χ1) is 9.16. The lowest BCUT2D eigenvalue weighted by Crippen LogP contribution is -2.47. The summed E-state index contributed by atoms with van der Waals surface area (Å²) in [5.74, 6) is -0.0345. The molecule has 1 heterocycles. The third-order valence-corrected chi connectivity index (χ3v) is 3.60. The molecule has 0 radical (unpaired) electrons. The lowest BCUT2D eigenvalue weighted by Gasteiger charge is -2.23. The van der Waals surface area contributed by atoms with Crippen LogP contribution in [0.15, 0.2) is 24.3 Å². The Balaban J connectivity index is 1.80. The summed E-state index contributed by atoms with van der Waals surface area (Å²) in [4.78, 5) is 11.9. The molecule has 2 rings (SSSR count). The largest absolute Gasteiger partial charge is 0.387 e. The molecule has 1 aromatic rings. The van der Waals surface area contributed by atoms with E-state index >= 15 is 0 Å². The molecule has 1 unspecified atom stereocenters. The highest BCUT2D eigenvalue weighted by molar-refractivity contribution is 6.30. The summed E-state index contributed by atoms with van der Waals surface area (Å²) in [7, 11) is 0. The number of rotatable bonds is 4. The molecular weight excluding hydrogens is 264 g/mol. The SMILES string of the molecule is O=C(NCC(O)c1ccc(Cl)cc1)[C@H]1CCCCN1. The number of piperidine rings is 1. The molecule has 0 spiro atoms. The fourth-order valence-electron chi connectivity index (χ4n) is 2.20. The van der Waals surface area contributed by atoms with Gasteiger partial charge < -0.3 is 15.7 Å². The van der Waals surface area contributed by atoms with Gasteiger partial charge in [0, 0.05) is 11.6 Å². The van der Waals surface area contributed by atoms with Crippen molar-refractivity contribution < 1.29 is 9.90 Å². The molecule has 104 valence electrons. The molecule has 1 aliphatic heterocycles. The smallest absolute Gasteiger partial charge is 0.237 e. The first kappa shape index (κ1) is 14.3. The number of aliphatic hydroxyl groups is 1. The van der Waals surface area contributed by atoms with Crippen molar-refractivity contribution in [3.05, 3.63) is 34.9 Å². The molecule has 0 saturated carbocycles. The van der Waals surface area contributed by atoms with E-state index in [9.17, 15) is 9.90 Å². The molecule has 4 nitrogen and oxygen atoms in total. The summed E-state index contributed by atoms with van der Waals surface area (Å²) in [6, 6.07) is 6.86. The van der Waals surface area contributed by atoms with Crippen molar-refractivity contribution in [2.24, 2.45) is 0 Å². The quantitative estimate of drug-likeness (QED) is 0.787. The molecule has 3 N–H and O–H groups in total. The molecule has 19 heavy (non-hydrogen) atoms. The molecule has 1 fully saturated rings. The zero-order chi connectivity index (χ0) is 13.7. The molecule has 0 aromatic heterocycles. The van der Waals surface area contributed by atoms with Crippen LogP contribution in [0.1, 0.15) is 30.9 Å². The van der Waals surface area contributed by atoms with Gasteiger partial charge in [-0.1, -0.05) is 30.2 Å². The van der Waals surface area contributed by atoms with Crippen molar-refractivity contribution in [3.63, 3.8) is 0 Å². The van der Waals surface area contributed by atoms with Crippen LogP contribution in [0.4, 0.5) is 0 Å². The Morgan fingerprint density at radius 1 is 1.42 bits per heavy atom. The summed E-state index contributed by atoms with van der Waals surface area (Å²) in [6.45, 7) is 1.11. The van der Waals surface area contributed by atoms with Crippen molar-refractivity contribution in [1.82, 2.24) is 10.6 Å². The Morgan fingerprint density at radius 2 is 2.16 bits per heavy atom. The van der Waals surface area contributed by atoms with Crippen LogP contribution in [0, 0.1) is 0 Å². The topological polar surface area (TPSA) is 61.4 Å². The van der Waals surface area contributed by atoms with Gasteiger partial charge in [-0.2, -0.15) is 0 Å². The van der Waals surface area contributed by atoms with Crippen molar-refractivity contribution in [3.8, 4) is 0 Å². The van der Waals surface area contributed by atoms with Crippen LogP contribution in [0.25, 0.3) is 0 Å². The number of benzene rings is 1. The number of amides is 1. The maximum Gasteiger partial charge on any atom is 0.237 e. The summed E-state index contributed by atoms with van der Waals surface area (Å²) in [5, 5.41) is 16.6. The molecule has 1 amide bonds. The number of aliphatic hydroxyl groups excluding tert-OH is 1. The average molecular weight is 283 g/mol. The second-order valence-corrected chi connectivity index (χ2v) is 5.25. The molecule has 1 aliphatic rings. The van der Waals surface area contributed by atoms with Crippen LogP contribution in [-0.2, 0) is 4.79 Å². The lowest BCUT2D eigenvalue weighted by molar-refractivity contribution is -0.124. The van der Waals surface area contributed by atoms with Gasteiger partial charge in [0.2, 0.25) is 5.91 Å². The third-order valence-electron chi connectivity index (χ3n) is 3.35. The van der Waals surface area contributed by atoms with E-state index < -0.39 is 6.10 Å². The maximum atomic E-state index is 11.9. The predicted octanol–water partition coefficient (Wildman–Crippen LogP) is 1.63. The fraction of sp³-hybridized carbons (Fsp3) is 0.500. The number of carbonyl (C=O) groups is 1. The van der Waals surface area contributed by atoms with Crippen LogP contribution in [0.2, 0.25) is 5.02 Å². The summed E-state index contributed by atoms with van der Waals surface area (Å²) < 4.78 is 0. The van der Waals surface area contributed by atoms with Gasteiger partial charge in [-0.05, 0) is 37.1 Å². The van der Waals surface area contributed by atoms with E-state index in [0.717, 1.165) is 31.4 Å². The predicted molar refractivity (Wildman–Crippen MR) is 75.1 cm³/mol. The van der Waals surface area contributed by atoms with E-state index in [1.165, 1.54) is 0 Å². The van der Waals surface area contributed by atoms with Gasteiger partial charge in [0.25, 0.3) is 0 Å². The molecule has 5 heteroatoms. The number of halogens is 1. The van der Waals surface area contributed by atoms with Crippen LogP contribution in [0.5, 0.6) is 0 Å². The summed E-state index contributed by atoms with van der Waals surface area (Å²) >= 11 is 5.79. The Kier molecular flexibility index (Phi) is 5.19. The fourth-order valence-corrected chi connectivity index (χ4v) is 2.32. The van der Waals surface area contributed by atoms with Crippen molar-refractivity contribution >= 4 is 17.5 Å². The zero-order valence-electron chi connectivity index (χ0n) is 10.7. The average Bonchev–Trinajstić information content (AvgIpc) is 2.46. The highest BCUT2D eigenvalue weighted by Gasteiger charge is 2.20. The standard InChI is InChI=1S/C14H19ClN2O2/c15-11-6-4-10(5-7-11)13(18)9-17-14(19)12-3-1-2-8-16-12/h4-7,12-13,16,18H,1-3,8-9H2,(H,17,19)/t12-,13?/m1/s1. The second-order valence-electron chi connectivity index (χ2n) is 4.81. The Morgan fingerprint density at radius 3 is 2.79 bits per heavy atom. The number of hydrogen-bond acceptors (Lipinski definition) is 3. The zero-order valence-corrected chi connectivity index (χ0v) is 11.5. The number of hydrogen-bond donors (Lipinski definition) is 3. The van der Waals surface area contributed by atoms with E-state index in [-0.39, 0.29) is 18.5 Å². The molecular formula is C14H19ClN2O2. The summed E-state index contributed by atoms with van der Waals surface area (Å²) in [5.41, 5.74) is 0.751. The van der Waals surface area contributed by atoms with Crippen molar-refractivity contribution in [2.45, 2.75) is 31.4 Å². The normalized spacial score (nSPS) is 20.8. The van der Waals surface area contributed by atoms with Crippen molar-refractivity contribution in [1.29, 1.82) is 0 Å².